The lowest BCUT2D eigenvalue weighted by Crippen LogP contribution is -2.09. The summed E-state index contributed by atoms with van der Waals surface area (Å²) < 4.78 is 0.897. The SMILES string of the molecule is Cc1c(N)cnc(NC(C)c2ccc(Cl)cc2)c1Br. The molecule has 2 rings (SSSR count). The van der Waals surface area contributed by atoms with Crippen molar-refractivity contribution >= 4 is 39.0 Å². The van der Waals surface area contributed by atoms with E-state index >= 15 is 0 Å². The van der Waals surface area contributed by atoms with Gasteiger partial charge in [-0.05, 0) is 53.0 Å². The Kier molecular flexibility index (Phi) is 4.32. The number of nitrogens with one attached hydrogen (secondary N) is 1. The van der Waals surface area contributed by atoms with Crippen LogP contribution in [0.5, 0.6) is 0 Å². The molecule has 0 saturated heterocycles. The first-order valence-electron chi connectivity index (χ1n) is 5.91. The molecule has 1 aromatic heterocycles. The predicted octanol–water partition coefficient (Wildman–Crippen LogP) is 4.56. The molecule has 0 fully saturated rings. The number of rotatable bonds is 3. The van der Waals surface area contributed by atoms with Crippen molar-refractivity contribution in [3.8, 4) is 0 Å². The molecule has 0 aliphatic carbocycles. The lowest BCUT2D eigenvalue weighted by atomic mass is 10.1. The summed E-state index contributed by atoms with van der Waals surface area (Å²) in [5.41, 5.74) is 8.62. The lowest BCUT2D eigenvalue weighted by Gasteiger charge is -2.17. The molecule has 2 aromatic rings. The van der Waals surface area contributed by atoms with Crippen molar-refractivity contribution in [1.29, 1.82) is 0 Å². The van der Waals surface area contributed by atoms with Crippen LogP contribution in [0.15, 0.2) is 34.9 Å². The highest BCUT2D eigenvalue weighted by Crippen LogP contribution is 2.30. The summed E-state index contributed by atoms with van der Waals surface area (Å²) >= 11 is 9.40. The quantitative estimate of drug-likeness (QED) is 0.861. The Morgan fingerprint density at radius 2 is 1.95 bits per heavy atom. The van der Waals surface area contributed by atoms with E-state index in [1.165, 1.54) is 0 Å². The highest BCUT2D eigenvalue weighted by molar-refractivity contribution is 9.10. The number of hydrogen-bond donors (Lipinski definition) is 2. The maximum absolute atomic E-state index is 5.89. The van der Waals surface area contributed by atoms with Gasteiger partial charge in [0.15, 0.2) is 0 Å². The van der Waals surface area contributed by atoms with Crippen LogP contribution in [0.3, 0.4) is 0 Å². The van der Waals surface area contributed by atoms with E-state index in [0.717, 1.165) is 26.4 Å². The molecular weight excluding hydrogens is 326 g/mol. The van der Waals surface area contributed by atoms with E-state index in [9.17, 15) is 0 Å². The van der Waals surface area contributed by atoms with Crippen LogP contribution in [0.4, 0.5) is 11.5 Å². The lowest BCUT2D eigenvalue weighted by molar-refractivity contribution is 0.872. The van der Waals surface area contributed by atoms with Gasteiger partial charge < -0.3 is 11.1 Å². The van der Waals surface area contributed by atoms with E-state index in [2.05, 4.69) is 33.2 Å². The summed E-state index contributed by atoms with van der Waals surface area (Å²) in [6, 6.07) is 7.89. The summed E-state index contributed by atoms with van der Waals surface area (Å²) in [5, 5.41) is 4.09. The third-order valence-electron chi connectivity index (χ3n) is 3.03. The zero-order valence-corrected chi connectivity index (χ0v) is 13.1. The van der Waals surface area contributed by atoms with Crippen molar-refractivity contribution < 1.29 is 0 Å². The molecule has 0 saturated carbocycles. The smallest absolute Gasteiger partial charge is 0.141 e. The van der Waals surface area contributed by atoms with E-state index in [0.29, 0.717) is 5.69 Å². The Morgan fingerprint density at radius 3 is 2.58 bits per heavy atom. The standard InChI is InChI=1S/C14H15BrClN3/c1-8-12(17)7-18-14(13(8)15)19-9(2)10-3-5-11(16)6-4-10/h3-7,9H,17H2,1-2H3,(H,18,19). The minimum atomic E-state index is 0.129. The second kappa shape index (κ2) is 5.80. The van der Waals surface area contributed by atoms with Gasteiger partial charge >= 0.3 is 0 Å². The van der Waals surface area contributed by atoms with Gasteiger partial charge in [-0.3, -0.25) is 0 Å². The molecule has 19 heavy (non-hydrogen) atoms. The topological polar surface area (TPSA) is 50.9 Å². The Morgan fingerprint density at radius 1 is 1.32 bits per heavy atom. The summed E-state index contributed by atoms with van der Waals surface area (Å²) in [6.45, 7) is 4.03. The molecule has 1 atom stereocenters. The van der Waals surface area contributed by atoms with Gasteiger partial charge in [0.05, 0.1) is 16.4 Å². The van der Waals surface area contributed by atoms with Gasteiger partial charge in [-0.2, -0.15) is 0 Å². The van der Waals surface area contributed by atoms with Crippen molar-refractivity contribution in [3.05, 3.63) is 51.1 Å². The molecule has 0 aliphatic heterocycles. The molecule has 1 aromatic carbocycles. The van der Waals surface area contributed by atoms with Crippen LogP contribution < -0.4 is 11.1 Å². The van der Waals surface area contributed by atoms with E-state index in [1.807, 2.05) is 31.2 Å². The molecular formula is C14H15BrClN3. The van der Waals surface area contributed by atoms with Gasteiger partial charge in [-0.15, -0.1) is 0 Å². The minimum Gasteiger partial charge on any atom is -0.397 e. The fraction of sp³-hybridized carbons (Fsp3) is 0.214. The maximum Gasteiger partial charge on any atom is 0.141 e. The van der Waals surface area contributed by atoms with Crippen LogP contribution >= 0.6 is 27.5 Å². The number of aromatic nitrogens is 1. The highest BCUT2D eigenvalue weighted by Gasteiger charge is 2.11. The van der Waals surface area contributed by atoms with Gasteiger partial charge in [0, 0.05) is 11.1 Å². The van der Waals surface area contributed by atoms with E-state index < -0.39 is 0 Å². The fourth-order valence-electron chi connectivity index (χ4n) is 1.73. The number of nitrogens with two attached hydrogens (primary N) is 1. The van der Waals surface area contributed by atoms with Crippen LogP contribution in [-0.2, 0) is 0 Å². The average Bonchev–Trinajstić information content (AvgIpc) is 2.40. The highest BCUT2D eigenvalue weighted by atomic mass is 79.9. The summed E-state index contributed by atoms with van der Waals surface area (Å²) in [4.78, 5) is 4.31. The Balaban J connectivity index is 2.21. The molecule has 0 aliphatic rings. The number of anilines is 2. The fourth-order valence-corrected chi connectivity index (χ4v) is 2.30. The van der Waals surface area contributed by atoms with Crippen LogP contribution in [0, 0.1) is 6.92 Å². The number of nitrogens with zero attached hydrogens (tertiary/aromatic N) is 1. The van der Waals surface area contributed by atoms with Gasteiger partial charge in [-0.1, -0.05) is 23.7 Å². The molecule has 0 bridgehead atoms. The monoisotopic (exact) mass is 339 g/mol. The molecule has 100 valence electrons. The predicted molar refractivity (Wildman–Crippen MR) is 84.6 cm³/mol. The van der Waals surface area contributed by atoms with E-state index in [4.69, 9.17) is 17.3 Å². The third-order valence-corrected chi connectivity index (χ3v) is 4.25. The maximum atomic E-state index is 5.89. The van der Waals surface area contributed by atoms with Gasteiger partial charge in [0.2, 0.25) is 0 Å². The number of nitrogen functional groups attached to an aromatic ring is 1. The Bertz CT molecular complexity index is 584. The largest absolute Gasteiger partial charge is 0.397 e. The second-order valence-electron chi connectivity index (χ2n) is 4.42. The van der Waals surface area contributed by atoms with Gasteiger partial charge in [0.1, 0.15) is 5.82 Å². The number of hydrogen-bond acceptors (Lipinski definition) is 3. The van der Waals surface area contributed by atoms with Gasteiger partial charge in [-0.25, -0.2) is 4.98 Å². The summed E-state index contributed by atoms with van der Waals surface area (Å²) in [7, 11) is 0. The van der Waals surface area contributed by atoms with Crippen molar-refractivity contribution in [3.63, 3.8) is 0 Å². The Labute approximate surface area is 126 Å². The molecule has 3 N–H and O–H groups in total. The zero-order valence-electron chi connectivity index (χ0n) is 10.7. The average molecular weight is 341 g/mol. The van der Waals surface area contributed by atoms with Crippen LogP contribution in [0.1, 0.15) is 24.1 Å². The first kappa shape index (κ1) is 14.2. The number of benzene rings is 1. The molecule has 5 heteroatoms. The van der Waals surface area contributed by atoms with Gasteiger partial charge in [0.25, 0.3) is 0 Å². The molecule has 0 spiro atoms. The first-order valence-corrected chi connectivity index (χ1v) is 7.08. The van der Waals surface area contributed by atoms with Crippen LogP contribution in [0.25, 0.3) is 0 Å². The van der Waals surface area contributed by atoms with E-state index in [1.54, 1.807) is 6.20 Å². The van der Waals surface area contributed by atoms with Crippen molar-refractivity contribution in [1.82, 2.24) is 4.98 Å². The van der Waals surface area contributed by atoms with Crippen molar-refractivity contribution in [2.24, 2.45) is 0 Å². The van der Waals surface area contributed by atoms with Crippen molar-refractivity contribution in [2.45, 2.75) is 19.9 Å². The summed E-state index contributed by atoms with van der Waals surface area (Å²) in [5.74, 6) is 0.786. The molecule has 1 unspecified atom stereocenters. The normalized spacial score (nSPS) is 12.2. The summed E-state index contributed by atoms with van der Waals surface area (Å²) in [6.07, 6.45) is 1.66. The Hall–Kier alpha value is -1.26. The molecule has 3 nitrogen and oxygen atoms in total. The third kappa shape index (κ3) is 3.19. The van der Waals surface area contributed by atoms with Crippen molar-refractivity contribution in [2.75, 3.05) is 11.1 Å². The minimum absolute atomic E-state index is 0.129. The second-order valence-corrected chi connectivity index (χ2v) is 5.65. The first-order chi connectivity index (χ1) is 8.99. The molecule has 0 amide bonds. The van der Waals surface area contributed by atoms with E-state index in [-0.39, 0.29) is 6.04 Å². The molecule has 0 radical (unpaired) electrons. The number of halogens is 2. The zero-order chi connectivity index (χ0) is 14.0. The molecule has 1 heterocycles. The van der Waals surface area contributed by atoms with Crippen LogP contribution in [0.2, 0.25) is 5.02 Å². The van der Waals surface area contributed by atoms with Crippen LogP contribution in [-0.4, -0.2) is 4.98 Å². The number of pyridine rings is 1.